The number of rotatable bonds is 2. The van der Waals surface area contributed by atoms with E-state index in [1.54, 1.807) is 0 Å². The van der Waals surface area contributed by atoms with E-state index in [1.165, 1.54) is 18.4 Å². The first-order valence-electron chi connectivity index (χ1n) is 5.41. The summed E-state index contributed by atoms with van der Waals surface area (Å²) in [5, 5.41) is 12.7. The lowest BCUT2D eigenvalue weighted by Crippen LogP contribution is -2.27. The van der Waals surface area contributed by atoms with E-state index in [1.807, 2.05) is 6.07 Å². The van der Waals surface area contributed by atoms with Crippen molar-refractivity contribution >= 4 is 15.9 Å². The molecule has 0 unspecified atom stereocenters. The van der Waals surface area contributed by atoms with Gasteiger partial charge in [0.05, 0.1) is 6.61 Å². The van der Waals surface area contributed by atoms with Gasteiger partial charge in [-0.15, -0.1) is 0 Å². The van der Waals surface area contributed by atoms with Gasteiger partial charge in [-0.1, -0.05) is 22.0 Å². The third kappa shape index (κ3) is 2.60. The van der Waals surface area contributed by atoms with Crippen molar-refractivity contribution < 1.29 is 5.11 Å². The Morgan fingerprint density at radius 1 is 1.33 bits per heavy atom. The monoisotopic (exact) mass is 269 g/mol. The molecule has 0 amide bonds. The summed E-state index contributed by atoms with van der Waals surface area (Å²) >= 11 is 3.44. The van der Waals surface area contributed by atoms with Gasteiger partial charge in [-0.3, -0.25) is 0 Å². The lowest BCUT2D eigenvalue weighted by molar-refractivity contribution is 0.278. The summed E-state index contributed by atoms with van der Waals surface area (Å²) in [5.41, 5.74) is 2.39. The highest BCUT2D eigenvalue weighted by molar-refractivity contribution is 9.10. The molecule has 1 fully saturated rings. The molecule has 2 nitrogen and oxygen atoms in total. The van der Waals surface area contributed by atoms with Gasteiger partial charge < -0.3 is 10.4 Å². The van der Waals surface area contributed by atoms with Gasteiger partial charge >= 0.3 is 0 Å². The van der Waals surface area contributed by atoms with Gasteiger partial charge in [0, 0.05) is 4.47 Å². The first kappa shape index (κ1) is 11.1. The van der Waals surface area contributed by atoms with Gasteiger partial charge in [0.1, 0.15) is 0 Å². The third-order valence-electron chi connectivity index (χ3n) is 3.05. The van der Waals surface area contributed by atoms with Crippen molar-refractivity contribution in [2.45, 2.75) is 25.4 Å². The van der Waals surface area contributed by atoms with Crippen LogP contribution in [0.4, 0.5) is 0 Å². The quantitative estimate of drug-likeness (QED) is 0.865. The lowest BCUT2D eigenvalue weighted by atomic mass is 9.87. The molecular weight excluding hydrogens is 254 g/mol. The fraction of sp³-hybridized carbons (Fsp3) is 0.500. The predicted octanol–water partition coefficient (Wildman–Crippen LogP) is 2.41. The minimum Gasteiger partial charge on any atom is -0.392 e. The van der Waals surface area contributed by atoms with Crippen molar-refractivity contribution in [1.29, 1.82) is 0 Å². The molecule has 1 aliphatic rings. The van der Waals surface area contributed by atoms with Crippen molar-refractivity contribution in [3.63, 3.8) is 0 Å². The van der Waals surface area contributed by atoms with Crippen LogP contribution in [0.15, 0.2) is 22.7 Å². The summed E-state index contributed by atoms with van der Waals surface area (Å²) in [7, 11) is 0. The van der Waals surface area contributed by atoms with Crippen LogP contribution in [0.2, 0.25) is 0 Å². The average molecular weight is 270 g/mol. The third-order valence-corrected chi connectivity index (χ3v) is 3.55. The largest absolute Gasteiger partial charge is 0.392 e. The Bertz CT molecular complexity index is 334. The molecule has 2 rings (SSSR count). The Morgan fingerprint density at radius 2 is 2.07 bits per heavy atom. The molecule has 0 atom stereocenters. The maximum absolute atomic E-state index is 9.34. The second-order valence-corrected chi connectivity index (χ2v) is 4.94. The van der Waals surface area contributed by atoms with E-state index in [0.29, 0.717) is 5.92 Å². The predicted molar refractivity (Wildman–Crippen MR) is 64.9 cm³/mol. The first-order valence-corrected chi connectivity index (χ1v) is 6.20. The Labute approximate surface area is 98.8 Å². The molecule has 2 N–H and O–H groups in total. The van der Waals surface area contributed by atoms with E-state index >= 15 is 0 Å². The van der Waals surface area contributed by atoms with Crippen LogP contribution >= 0.6 is 15.9 Å². The zero-order chi connectivity index (χ0) is 10.7. The maximum atomic E-state index is 9.34. The van der Waals surface area contributed by atoms with Gasteiger partial charge in [-0.2, -0.15) is 0 Å². The molecule has 0 aliphatic carbocycles. The number of aliphatic hydroxyl groups is 1. The highest BCUT2D eigenvalue weighted by atomic mass is 79.9. The fourth-order valence-electron chi connectivity index (χ4n) is 2.24. The molecule has 82 valence electrons. The lowest BCUT2D eigenvalue weighted by Gasteiger charge is -2.24. The average Bonchev–Trinajstić information content (AvgIpc) is 2.30. The molecule has 15 heavy (non-hydrogen) atoms. The van der Waals surface area contributed by atoms with Crippen molar-refractivity contribution in [2.75, 3.05) is 13.1 Å². The Hall–Kier alpha value is -0.380. The second-order valence-electron chi connectivity index (χ2n) is 4.03. The maximum Gasteiger partial charge on any atom is 0.0685 e. The number of aliphatic hydroxyl groups excluding tert-OH is 1. The first-order chi connectivity index (χ1) is 7.31. The number of halogens is 1. The van der Waals surface area contributed by atoms with E-state index in [0.717, 1.165) is 23.1 Å². The highest BCUT2D eigenvalue weighted by Gasteiger charge is 2.17. The topological polar surface area (TPSA) is 32.3 Å². The molecule has 0 aromatic heterocycles. The minimum atomic E-state index is 0.138. The van der Waals surface area contributed by atoms with E-state index in [2.05, 4.69) is 33.4 Å². The van der Waals surface area contributed by atoms with E-state index < -0.39 is 0 Å². The van der Waals surface area contributed by atoms with Crippen molar-refractivity contribution in [1.82, 2.24) is 5.32 Å². The number of hydrogen-bond acceptors (Lipinski definition) is 2. The van der Waals surface area contributed by atoms with Gasteiger partial charge in [0.2, 0.25) is 0 Å². The van der Waals surface area contributed by atoms with Crippen LogP contribution in [-0.4, -0.2) is 18.2 Å². The van der Waals surface area contributed by atoms with Gasteiger partial charge in [-0.05, 0) is 55.1 Å². The number of benzene rings is 1. The molecule has 1 aromatic carbocycles. The Morgan fingerprint density at radius 3 is 2.73 bits per heavy atom. The minimum absolute atomic E-state index is 0.138. The number of piperidine rings is 1. The molecule has 1 saturated heterocycles. The number of nitrogens with one attached hydrogen (secondary N) is 1. The van der Waals surface area contributed by atoms with Gasteiger partial charge in [0.15, 0.2) is 0 Å². The van der Waals surface area contributed by atoms with Gasteiger partial charge in [0.25, 0.3) is 0 Å². The molecule has 1 aliphatic heterocycles. The van der Waals surface area contributed by atoms with Crippen LogP contribution in [-0.2, 0) is 6.61 Å². The van der Waals surface area contributed by atoms with Crippen LogP contribution in [0.25, 0.3) is 0 Å². The summed E-state index contributed by atoms with van der Waals surface area (Å²) in [6.45, 7) is 2.32. The van der Waals surface area contributed by atoms with Crippen LogP contribution in [0.5, 0.6) is 0 Å². The van der Waals surface area contributed by atoms with Crippen molar-refractivity contribution in [3.8, 4) is 0 Å². The van der Waals surface area contributed by atoms with Gasteiger partial charge in [-0.25, -0.2) is 0 Å². The standard InChI is InChI=1S/C12H16BrNO/c13-11-1-2-12(10(7-11)8-15)9-3-5-14-6-4-9/h1-2,7,9,14-15H,3-6,8H2. The van der Waals surface area contributed by atoms with Crippen LogP contribution in [0.3, 0.4) is 0 Å². The smallest absolute Gasteiger partial charge is 0.0685 e. The molecule has 0 bridgehead atoms. The van der Waals surface area contributed by atoms with E-state index in [-0.39, 0.29) is 6.61 Å². The van der Waals surface area contributed by atoms with Crippen LogP contribution in [0.1, 0.15) is 29.9 Å². The molecule has 3 heteroatoms. The van der Waals surface area contributed by atoms with Crippen LogP contribution in [0, 0.1) is 0 Å². The zero-order valence-corrected chi connectivity index (χ0v) is 10.3. The van der Waals surface area contributed by atoms with Crippen molar-refractivity contribution in [2.24, 2.45) is 0 Å². The summed E-state index contributed by atoms with van der Waals surface area (Å²) < 4.78 is 1.05. The van der Waals surface area contributed by atoms with E-state index in [4.69, 9.17) is 0 Å². The molecular formula is C12H16BrNO. The van der Waals surface area contributed by atoms with Crippen molar-refractivity contribution in [3.05, 3.63) is 33.8 Å². The summed E-state index contributed by atoms with van der Waals surface area (Å²) in [6.07, 6.45) is 2.35. The molecule has 0 radical (unpaired) electrons. The molecule has 0 spiro atoms. The highest BCUT2D eigenvalue weighted by Crippen LogP contribution is 2.29. The zero-order valence-electron chi connectivity index (χ0n) is 8.67. The number of hydrogen-bond donors (Lipinski definition) is 2. The van der Waals surface area contributed by atoms with Crippen LogP contribution < -0.4 is 5.32 Å². The summed E-state index contributed by atoms with van der Waals surface area (Å²) in [4.78, 5) is 0. The summed E-state index contributed by atoms with van der Waals surface area (Å²) in [6, 6.07) is 6.24. The normalized spacial score (nSPS) is 18.0. The van der Waals surface area contributed by atoms with E-state index in [9.17, 15) is 5.11 Å². The Balaban J connectivity index is 2.25. The molecule has 1 heterocycles. The molecule has 0 saturated carbocycles. The summed E-state index contributed by atoms with van der Waals surface area (Å²) in [5.74, 6) is 0.612. The molecule has 1 aromatic rings. The fourth-order valence-corrected chi connectivity index (χ4v) is 2.65. The SMILES string of the molecule is OCc1cc(Br)ccc1C1CCNCC1. The Kier molecular flexibility index (Phi) is 3.78. The second kappa shape index (κ2) is 5.10.